The molecule has 0 saturated carbocycles. The van der Waals surface area contributed by atoms with Crippen LogP contribution in [0.3, 0.4) is 0 Å². The van der Waals surface area contributed by atoms with Crippen molar-refractivity contribution in [2.45, 2.75) is 12.0 Å². The van der Waals surface area contributed by atoms with Gasteiger partial charge in [-0.2, -0.15) is 0 Å². The number of amides is 1. The van der Waals surface area contributed by atoms with Crippen molar-refractivity contribution >= 4 is 17.6 Å². The fourth-order valence-electron chi connectivity index (χ4n) is 4.32. The Kier molecular flexibility index (Phi) is 4.44. The lowest BCUT2D eigenvalue weighted by Gasteiger charge is -2.27. The average Bonchev–Trinajstić information content (AvgIpc) is 3.37. The molecule has 3 aromatic carbocycles. The van der Waals surface area contributed by atoms with Gasteiger partial charge in [-0.05, 0) is 46.0 Å². The molecule has 1 unspecified atom stereocenters. The van der Waals surface area contributed by atoms with Gasteiger partial charge in [-0.1, -0.05) is 36.4 Å². The van der Waals surface area contributed by atoms with Gasteiger partial charge in [-0.25, -0.2) is 4.99 Å². The Hall–Kier alpha value is -4.20. The van der Waals surface area contributed by atoms with E-state index in [-0.39, 0.29) is 17.6 Å². The molecule has 0 saturated heterocycles. The number of fused-ring (bicyclic) bond motifs is 1. The van der Waals surface area contributed by atoms with Crippen LogP contribution < -0.4 is 10.5 Å². The highest BCUT2D eigenvalue weighted by Crippen LogP contribution is 2.42. The Labute approximate surface area is 184 Å². The summed E-state index contributed by atoms with van der Waals surface area (Å²) in [4.78, 5) is 30.3. The van der Waals surface area contributed by atoms with E-state index >= 15 is 0 Å². The Morgan fingerprint density at radius 3 is 2.50 bits per heavy atom. The number of carbonyl (C=O) groups is 1. The number of aliphatic imine (C=N–C) groups is 1. The summed E-state index contributed by atoms with van der Waals surface area (Å²) in [6.45, 7) is 0.604. The maximum absolute atomic E-state index is 13.5. The first-order valence-corrected chi connectivity index (χ1v) is 10.2. The van der Waals surface area contributed by atoms with E-state index in [0.29, 0.717) is 23.3 Å². The number of likely N-dealkylation sites (N-methyl/N-ethyl adjacent to an activating group) is 1. The second-order valence-corrected chi connectivity index (χ2v) is 7.85. The molecule has 160 valence electrons. The molecule has 1 amide bonds. The van der Waals surface area contributed by atoms with Crippen LogP contribution in [0.1, 0.15) is 16.7 Å². The number of benzene rings is 3. The van der Waals surface area contributed by atoms with Crippen LogP contribution in [-0.4, -0.2) is 35.3 Å². The van der Waals surface area contributed by atoms with Gasteiger partial charge in [-0.3, -0.25) is 19.8 Å². The molecule has 2 N–H and O–H groups in total. The third-order valence-corrected chi connectivity index (χ3v) is 6.02. The Morgan fingerprint density at radius 1 is 1.06 bits per heavy atom. The Bertz CT molecular complexity index is 1300. The number of carbonyl (C=O) groups excluding carboxylic acids is 1. The minimum absolute atomic E-state index is 0.000167. The van der Waals surface area contributed by atoms with E-state index < -0.39 is 10.5 Å². The number of nitro benzene ring substituents is 1. The SMILES string of the molecule is CN1C(=O)C(c2cccc(-c3cccc([N+](=O)[O-])c3)c2)(c2ccc3c(c2)CCO3)N=C1N. The minimum Gasteiger partial charge on any atom is -0.493 e. The fraction of sp³-hybridized carbons (Fsp3) is 0.167. The summed E-state index contributed by atoms with van der Waals surface area (Å²) < 4.78 is 5.62. The smallest absolute Gasteiger partial charge is 0.270 e. The van der Waals surface area contributed by atoms with Crippen molar-refractivity contribution in [2.24, 2.45) is 10.7 Å². The van der Waals surface area contributed by atoms with E-state index in [1.807, 2.05) is 42.5 Å². The van der Waals surface area contributed by atoms with Crippen LogP contribution in [0, 0.1) is 10.1 Å². The van der Waals surface area contributed by atoms with E-state index in [2.05, 4.69) is 4.99 Å². The van der Waals surface area contributed by atoms with Crippen molar-refractivity contribution in [3.8, 4) is 16.9 Å². The largest absolute Gasteiger partial charge is 0.493 e. The molecule has 5 rings (SSSR count). The molecule has 0 aliphatic carbocycles. The summed E-state index contributed by atoms with van der Waals surface area (Å²) in [6, 6.07) is 19.4. The molecule has 1 atom stereocenters. The highest BCUT2D eigenvalue weighted by molar-refractivity contribution is 6.09. The standard InChI is InChI=1S/C24H20N4O4/c1-27-22(29)24(26-23(27)25,19-8-9-21-17(13-19)10-11-32-21)18-6-2-4-15(12-18)16-5-3-7-20(14-16)28(30)31/h2-9,12-14H,10-11H2,1H3,(H2,25,26). The molecule has 0 radical (unpaired) electrons. The number of nitrogens with zero attached hydrogens (tertiary/aromatic N) is 3. The number of nitro groups is 1. The topological polar surface area (TPSA) is 111 Å². The molecule has 2 aliphatic rings. The van der Waals surface area contributed by atoms with Gasteiger partial charge >= 0.3 is 0 Å². The highest BCUT2D eigenvalue weighted by atomic mass is 16.6. The Morgan fingerprint density at radius 2 is 1.78 bits per heavy atom. The van der Waals surface area contributed by atoms with Crippen LogP contribution in [0.4, 0.5) is 5.69 Å². The van der Waals surface area contributed by atoms with Gasteiger partial charge in [0.05, 0.1) is 11.5 Å². The number of rotatable bonds is 4. The lowest BCUT2D eigenvalue weighted by atomic mass is 9.81. The van der Waals surface area contributed by atoms with E-state index in [9.17, 15) is 14.9 Å². The van der Waals surface area contributed by atoms with Gasteiger partial charge in [0.15, 0.2) is 11.5 Å². The zero-order valence-electron chi connectivity index (χ0n) is 17.3. The van der Waals surface area contributed by atoms with E-state index in [4.69, 9.17) is 10.5 Å². The van der Waals surface area contributed by atoms with Gasteiger partial charge < -0.3 is 10.5 Å². The Balaban J connectivity index is 1.69. The third kappa shape index (κ3) is 2.91. The minimum atomic E-state index is -1.34. The quantitative estimate of drug-likeness (QED) is 0.507. The van der Waals surface area contributed by atoms with E-state index in [1.165, 1.54) is 17.0 Å². The van der Waals surface area contributed by atoms with Crippen molar-refractivity contribution in [3.05, 3.63) is 93.5 Å². The first-order valence-electron chi connectivity index (χ1n) is 10.2. The zero-order valence-corrected chi connectivity index (χ0v) is 17.3. The maximum Gasteiger partial charge on any atom is 0.270 e. The molecule has 3 aromatic rings. The molecular weight excluding hydrogens is 408 g/mol. The summed E-state index contributed by atoms with van der Waals surface area (Å²) in [5.74, 6) is 0.683. The van der Waals surface area contributed by atoms with E-state index in [1.54, 1.807) is 19.2 Å². The monoisotopic (exact) mass is 428 g/mol. The normalized spacial score (nSPS) is 19.5. The fourth-order valence-corrected chi connectivity index (χ4v) is 4.32. The molecular formula is C24H20N4O4. The second-order valence-electron chi connectivity index (χ2n) is 7.85. The van der Waals surface area contributed by atoms with Gasteiger partial charge in [-0.15, -0.1) is 0 Å². The predicted octanol–water partition coefficient (Wildman–Crippen LogP) is 3.23. The van der Waals surface area contributed by atoms with Gasteiger partial charge in [0.2, 0.25) is 0 Å². The van der Waals surface area contributed by atoms with Crippen LogP contribution in [0.2, 0.25) is 0 Å². The summed E-state index contributed by atoms with van der Waals surface area (Å²) in [7, 11) is 1.60. The molecule has 32 heavy (non-hydrogen) atoms. The highest BCUT2D eigenvalue weighted by Gasteiger charge is 2.49. The molecule has 0 aromatic heterocycles. The summed E-state index contributed by atoms with van der Waals surface area (Å²) in [5, 5.41) is 11.2. The first-order chi connectivity index (χ1) is 15.4. The average molecular weight is 428 g/mol. The number of nitrogens with two attached hydrogens (primary N) is 1. The summed E-state index contributed by atoms with van der Waals surface area (Å²) in [6.07, 6.45) is 0.760. The molecule has 0 spiro atoms. The first kappa shape index (κ1) is 19.7. The van der Waals surface area contributed by atoms with Crippen molar-refractivity contribution in [1.82, 2.24) is 4.90 Å². The lowest BCUT2D eigenvalue weighted by molar-refractivity contribution is -0.384. The van der Waals surface area contributed by atoms with Gasteiger partial charge in [0.25, 0.3) is 11.6 Å². The predicted molar refractivity (Wildman–Crippen MR) is 119 cm³/mol. The second kappa shape index (κ2) is 7.19. The van der Waals surface area contributed by atoms with Crippen LogP contribution in [0.15, 0.2) is 71.7 Å². The number of non-ortho nitro benzene ring substituents is 1. The van der Waals surface area contributed by atoms with Crippen molar-refractivity contribution in [3.63, 3.8) is 0 Å². The number of guanidine groups is 1. The molecule has 8 heteroatoms. The maximum atomic E-state index is 13.5. The zero-order chi connectivity index (χ0) is 22.5. The van der Waals surface area contributed by atoms with Gasteiger partial charge in [0, 0.05) is 25.6 Å². The molecule has 2 aliphatic heterocycles. The number of ether oxygens (including phenoxy) is 1. The van der Waals surface area contributed by atoms with Gasteiger partial charge in [0.1, 0.15) is 5.75 Å². The van der Waals surface area contributed by atoms with Crippen molar-refractivity contribution in [1.29, 1.82) is 0 Å². The van der Waals surface area contributed by atoms with Crippen LogP contribution in [0.5, 0.6) is 5.75 Å². The third-order valence-electron chi connectivity index (χ3n) is 6.02. The number of hydrogen-bond acceptors (Lipinski definition) is 6. The van der Waals surface area contributed by atoms with Crippen LogP contribution >= 0.6 is 0 Å². The van der Waals surface area contributed by atoms with Crippen LogP contribution in [-0.2, 0) is 16.8 Å². The van der Waals surface area contributed by atoms with Crippen molar-refractivity contribution < 1.29 is 14.5 Å². The molecule has 8 nitrogen and oxygen atoms in total. The summed E-state index contributed by atoms with van der Waals surface area (Å²) in [5.41, 5.74) is 8.53. The molecule has 0 bridgehead atoms. The summed E-state index contributed by atoms with van der Waals surface area (Å²) >= 11 is 0. The molecule has 0 fully saturated rings. The molecule has 2 heterocycles. The van der Waals surface area contributed by atoms with Crippen molar-refractivity contribution in [2.75, 3.05) is 13.7 Å². The lowest BCUT2D eigenvalue weighted by Crippen LogP contribution is -2.41. The van der Waals surface area contributed by atoms with Crippen LogP contribution in [0.25, 0.3) is 11.1 Å². The van der Waals surface area contributed by atoms with E-state index in [0.717, 1.165) is 23.3 Å². The number of hydrogen-bond donors (Lipinski definition) is 1.